The van der Waals surface area contributed by atoms with E-state index in [4.69, 9.17) is 0 Å². The summed E-state index contributed by atoms with van der Waals surface area (Å²) < 4.78 is 95.4. The van der Waals surface area contributed by atoms with E-state index in [1.54, 1.807) is 0 Å². The van der Waals surface area contributed by atoms with Gasteiger partial charge in [-0.15, -0.1) is 0 Å². The Morgan fingerprint density at radius 3 is 2.22 bits per heavy atom. The lowest BCUT2D eigenvalue weighted by Gasteiger charge is -2.09. The summed E-state index contributed by atoms with van der Waals surface area (Å²) in [5, 5.41) is 3.36. The molecule has 0 fully saturated rings. The number of hydrogen-bond acceptors (Lipinski definition) is 5. The zero-order valence-corrected chi connectivity index (χ0v) is 13.8. The highest BCUT2D eigenvalue weighted by molar-refractivity contribution is 7.92. The normalized spacial score (nSPS) is 11.8. The van der Waals surface area contributed by atoms with Crippen molar-refractivity contribution in [3.8, 4) is 11.4 Å². The van der Waals surface area contributed by atoms with Crippen LogP contribution in [0.15, 0.2) is 45.8 Å². The highest BCUT2D eigenvalue weighted by atomic mass is 32.2. The standard InChI is InChI=1S/C15H8F5N3O3S/c16-9-5-6-10(12(18)11(9)17)27(24,25)23-8-3-1-7(2-4-8)14-21-15(13(19)20)26-22-14/h1-6,13,23H. The maximum absolute atomic E-state index is 13.7. The van der Waals surface area contributed by atoms with Gasteiger partial charge in [-0.3, -0.25) is 4.72 Å². The molecule has 0 aliphatic carbocycles. The molecule has 1 heterocycles. The first-order valence-electron chi connectivity index (χ1n) is 7.07. The molecule has 2 aromatic carbocycles. The summed E-state index contributed by atoms with van der Waals surface area (Å²) in [6.07, 6.45) is -2.94. The molecule has 0 spiro atoms. The minimum absolute atomic E-state index is 0.0551. The van der Waals surface area contributed by atoms with Gasteiger partial charge in [0.2, 0.25) is 5.82 Å². The fraction of sp³-hybridized carbons (Fsp3) is 0.0667. The van der Waals surface area contributed by atoms with Crippen molar-refractivity contribution in [2.45, 2.75) is 11.3 Å². The molecule has 0 bridgehead atoms. The highest BCUT2D eigenvalue weighted by Crippen LogP contribution is 2.25. The smallest absolute Gasteiger partial charge is 0.315 e. The largest absolute Gasteiger partial charge is 0.333 e. The molecule has 1 aromatic heterocycles. The molecule has 0 saturated heterocycles. The van der Waals surface area contributed by atoms with Crippen molar-refractivity contribution in [2.75, 3.05) is 4.72 Å². The summed E-state index contributed by atoms with van der Waals surface area (Å²) in [7, 11) is -4.55. The second kappa shape index (κ2) is 6.95. The second-order valence-electron chi connectivity index (χ2n) is 5.11. The number of nitrogens with one attached hydrogen (secondary N) is 1. The van der Waals surface area contributed by atoms with Gasteiger partial charge in [-0.2, -0.15) is 13.8 Å². The third-order valence-electron chi connectivity index (χ3n) is 3.31. The van der Waals surface area contributed by atoms with Crippen LogP contribution >= 0.6 is 0 Å². The van der Waals surface area contributed by atoms with Gasteiger partial charge in [0.25, 0.3) is 15.9 Å². The number of nitrogens with zero attached hydrogens (tertiary/aromatic N) is 2. The molecule has 0 amide bonds. The monoisotopic (exact) mass is 405 g/mol. The third kappa shape index (κ3) is 3.74. The molecule has 0 aliphatic rings. The highest BCUT2D eigenvalue weighted by Gasteiger charge is 2.24. The molecule has 12 heteroatoms. The van der Waals surface area contributed by atoms with Crippen LogP contribution in [0.3, 0.4) is 0 Å². The lowest BCUT2D eigenvalue weighted by Crippen LogP contribution is -2.15. The summed E-state index contributed by atoms with van der Waals surface area (Å²) in [6, 6.07) is 6.06. The van der Waals surface area contributed by atoms with E-state index < -0.39 is 44.7 Å². The first-order chi connectivity index (χ1) is 12.7. The van der Waals surface area contributed by atoms with Gasteiger partial charge in [0.05, 0.1) is 0 Å². The van der Waals surface area contributed by atoms with Gasteiger partial charge in [0, 0.05) is 11.3 Å². The summed E-state index contributed by atoms with van der Waals surface area (Å²) in [4.78, 5) is 2.39. The topological polar surface area (TPSA) is 85.1 Å². The number of sulfonamides is 1. The number of rotatable bonds is 5. The maximum atomic E-state index is 13.7. The van der Waals surface area contributed by atoms with Crippen LogP contribution in [0.2, 0.25) is 0 Å². The lowest BCUT2D eigenvalue weighted by molar-refractivity contribution is 0.106. The molecular weight excluding hydrogens is 397 g/mol. The van der Waals surface area contributed by atoms with Crippen LogP contribution in [0.5, 0.6) is 0 Å². The van der Waals surface area contributed by atoms with Gasteiger partial charge in [0.15, 0.2) is 17.5 Å². The molecule has 142 valence electrons. The van der Waals surface area contributed by atoms with Crippen molar-refractivity contribution in [3.05, 3.63) is 59.7 Å². The van der Waals surface area contributed by atoms with Crippen LogP contribution < -0.4 is 4.72 Å². The number of aromatic nitrogens is 2. The van der Waals surface area contributed by atoms with E-state index in [9.17, 15) is 30.4 Å². The molecule has 0 saturated carbocycles. The summed E-state index contributed by atoms with van der Waals surface area (Å²) in [5.74, 6) is -6.32. The molecule has 0 radical (unpaired) electrons. The molecule has 3 rings (SSSR count). The number of halogens is 5. The van der Waals surface area contributed by atoms with Gasteiger partial charge in [0.1, 0.15) is 4.90 Å². The minimum atomic E-state index is -4.55. The quantitative estimate of drug-likeness (QED) is 0.514. The van der Waals surface area contributed by atoms with E-state index >= 15 is 0 Å². The summed E-state index contributed by atoms with van der Waals surface area (Å²) >= 11 is 0. The Morgan fingerprint density at radius 1 is 0.963 bits per heavy atom. The summed E-state index contributed by atoms with van der Waals surface area (Å²) in [5.41, 5.74) is 0.188. The van der Waals surface area contributed by atoms with Crippen LogP contribution in [-0.4, -0.2) is 18.6 Å². The van der Waals surface area contributed by atoms with Crippen LogP contribution in [0.4, 0.5) is 27.6 Å². The number of anilines is 1. The van der Waals surface area contributed by atoms with E-state index in [0.717, 1.165) is 0 Å². The van der Waals surface area contributed by atoms with Gasteiger partial charge >= 0.3 is 6.43 Å². The fourth-order valence-electron chi connectivity index (χ4n) is 2.05. The Labute approximate surface area is 148 Å². The second-order valence-corrected chi connectivity index (χ2v) is 6.76. The van der Waals surface area contributed by atoms with Crippen LogP contribution in [0.25, 0.3) is 11.4 Å². The Bertz CT molecular complexity index is 1080. The average molecular weight is 405 g/mol. The maximum Gasteiger partial charge on any atom is 0.315 e. The van der Waals surface area contributed by atoms with Crippen LogP contribution in [0.1, 0.15) is 12.3 Å². The zero-order valence-electron chi connectivity index (χ0n) is 13.0. The van der Waals surface area contributed by atoms with Crippen molar-refractivity contribution in [1.82, 2.24) is 10.1 Å². The zero-order chi connectivity index (χ0) is 19.8. The molecule has 0 atom stereocenters. The molecule has 0 unspecified atom stereocenters. The van der Waals surface area contributed by atoms with Crippen LogP contribution in [-0.2, 0) is 10.0 Å². The van der Waals surface area contributed by atoms with Gasteiger partial charge < -0.3 is 4.52 Å². The molecule has 0 aliphatic heterocycles. The van der Waals surface area contributed by atoms with E-state index in [2.05, 4.69) is 14.7 Å². The average Bonchev–Trinajstić information content (AvgIpc) is 3.10. The predicted octanol–water partition coefficient (Wildman–Crippen LogP) is 3.89. The Balaban J connectivity index is 1.84. The van der Waals surface area contributed by atoms with Crippen molar-refractivity contribution >= 4 is 15.7 Å². The first kappa shape index (κ1) is 18.8. The molecule has 6 nitrogen and oxygen atoms in total. The molecule has 3 aromatic rings. The first-order valence-corrected chi connectivity index (χ1v) is 8.56. The predicted molar refractivity (Wildman–Crippen MR) is 81.8 cm³/mol. The Morgan fingerprint density at radius 2 is 1.63 bits per heavy atom. The van der Waals surface area contributed by atoms with Gasteiger partial charge in [-0.25, -0.2) is 21.6 Å². The third-order valence-corrected chi connectivity index (χ3v) is 4.71. The molecule has 1 N–H and O–H groups in total. The summed E-state index contributed by atoms with van der Waals surface area (Å²) in [6.45, 7) is 0. The number of hydrogen-bond donors (Lipinski definition) is 1. The minimum Gasteiger partial charge on any atom is -0.333 e. The Hall–Kier alpha value is -3.02. The molecular formula is C15H8F5N3O3S. The van der Waals surface area contributed by atoms with E-state index in [1.165, 1.54) is 24.3 Å². The van der Waals surface area contributed by atoms with Crippen molar-refractivity contribution in [1.29, 1.82) is 0 Å². The van der Waals surface area contributed by atoms with Gasteiger partial charge in [-0.1, -0.05) is 5.16 Å². The van der Waals surface area contributed by atoms with Crippen molar-refractivity contribution < 1.29 is 34.9 Å². The number of benzene rings is 2. The fourth-order valence-corrected chi connectivity index (χ4v) is 3.18. The van der Waals surface area contributed by atoms with E-state index in [0.29, 0.717) is 12.1 Å². The SMILES string of the molecule is O=S(=O)(Nc1ccc(-c2noc(C(F)F)n2)cc1)c1ccc(F)c(F)c1F. The van der Waals surface area contributed by atoms with E-state index in [-0.39, 0.29) is 17.1 Å². The lowest BCUT2D eigenvalue weighted by atomic mass is 10.2. The van der Waals surface area contributed by atoms with Crippen molar-refractivity contribution in [2.24, 2.45) is 0 Å². The molecule has 27 heavy (non-hydrogen) atoms. The van der Waals surface area contributed by atoms with Crippen LogP contribution in [0, 0.1) is 17.5 Å². The van der Waals surface area contributed by atoms with E-state index in [1.807, 2.05) is 4.72 Å². The van der Waals surface area contributed by atoms with Gasteiger partial charge in [-0.05, 0) is 36.4 Å². The van der Waals surface area contributed by atoms with Crippen molar-refractivity contribution in [3.63, 3.8) is 0 Å². The Kier molecular flexibility index (Phi) is 4.83. The number of alkyl halides is 2.